The molecule has 2 aliphatic rings. The minimum Gasteiger partial charge on any atom is -0.449 e. The molecule has 0 bridgehead atoms. The Balaban J connectivity index is 1.51. The average molecular weight is 459 g/mol. The monoisotopic (exact) mass is 458 g/mol. The van der Waals surface area contributed by atoms with E-state index in [1.165, 1.54) is 6.07 Å². The third-order valence-corrected chi connectivity index (χ3v) is 7.60. The number of nitrogen functional groups attached to an aromatic ring is 1. The molecule has 0 aromatic heterocycles. The van der Waals surface area contributed by atoms with Crippen molar-refractivity contribution < 1.29 is 13.9 Å². The Morgan fingerprint density at radius 3 is 2.78 bits per heavy atom. The molecule has 1 saturated heterocycles. The van der Waals surface area contributed by atoms with Crippen LogP contribution in [0.2, 0.25) is 5.02 Å². The second-order valence-electron chi connectivity index (χ2n) is 10.0. The van der Waals surface area contributed by atoms with Crippen molar-refractivity contribution in [3.63, 3.8) is 0 Å². The minimum absolute atomic E-state index is 0.0176. The molecule has 2 atom stereocenters. The molecule has 2 aromatic rings. The Morgan fingerprint density at radius 1 is 1.28 bits per heavy atom. The average Bonchev–Trinajstić information content (AvgIpc) is 3.12. The van der Waals surface area contributed by atoms with Gasteiger partial charge in [-0.3, -0.25) is 0 Å². The maximum Gasteiger partial charge on any atom is 0.409 e. The van der Waals surface area contributed by atoms with E-state index < -0.39 is 0 Å². The molecule has 1 aliphatic carbocycles. The zero-order valence-electron chi connectivity index (χ0n) is 18.9. The van der Waals surface area contributed by atoms with Gasteiger partial charge in [0, 0.05) is 13.1 Å². The number of nitrogens with zero attached hydrogens (tertiary/aromatic N) is 1. The topological polar surface area (TPSA) is 55.6 Å². The molecular weight excluding hydrogens is 427 g/mol. The number of carbonyl (C=O) groups excluding carboxylic acids is 1. The van der Waals surface area contributed by atoms with Gasteiger partial charge in [-0.15, -0.1) is 0 Å². The maximum absolute atomic E-state index is 14.5. The quantitative estimate of drug-likeness (QED) is 0.509. The van der Waals surface area contributed by atoms with Crippen LogP contribution in [0, 0.1) is 22.6 Å². The largest absolute Gasteiger partial charge is 0.449 e. The van der Waals surface area contributed by atoms with E-state index in [2.05, 4.69) is 0 Å². The zero-order valence-corrected chi connectivity index (χ0v) is 19.6. The number of hydrogen-bond acceptors (Lipinski definition) is 3. The highest BCUT2D eigenvalue weighted by atomic mass is 35.5. The minimum atomic E-state index is -0.229. The SMILES string of the molecule is CC(C)COC(=O)N1CC[C@@]2(C1)C[C@@]2(CCc1ccc(N)c(Cl)c1)Cc1ccccc1F. The first-order valence-corrected chi connectivity index (χ1v) is 11.8. The van der Waals surface area contributed by atoms with Crippen LogP contribution in [-0.2, 0) is 17.6 Å². The predicted octanol–water partition coefficient (Wildman–Crippen LogP) is 6.11. The number of hydrogen-bond donors (Lipinski definition) is 1. The maximum atomic E-state index is 14.5. The number of amides is 1. The van der Waals surface area contributed by atoms with E-state index >= 15 is 0 Å². The van der Waals surface area contributed by atoms with E-state index in [1.54, 1.807) is 6.07 Å². The van der Waals surface area contributed by atoms with Crippen LogP contribution in [0.1, 0.15) is 44.2 Å². The van der Waals surface area contributed by atoms with Gasteiger partial charge in [0.25, 0.3) is 0 Å². The van der Waals surface area contributed by atoms with Crippen LogP contribution < -0.4 is 5.73 Å². The summed E-state index contributed by atoms with van der Waals surface area (Å²) in [6, 6.07) is 12.8. The Hall–Kier alpha value is -2.27. The summed E-state index contributed by atoms with van der Waals surface area (Å²) in [6.07, 6.45) is 4.13. The van der Waals surface area contributed by atoms with E-state index in [0.717, 1.165) is 36.8 Å². The number of rotatable bonds is 7. The first-order valence-electron chi connectivity index (χ1n) is 11.4. The number of aryl methyl sites for hydroxylation is 1. The highest BCUT2D eigenvalue weighted by molar-refractivity contribution is 6.33. The Morgan fingerprint density at radius 2 is 2.06 bits per heavy atom. The van der Waals surface area contributed by atoms with E-state index in [-0.39, 0.29) is 22.7 Å². The van der Waals surface area contributed by atoms with E-state index in [1.807, 2.05) is 49.1 Å². The van der Waals surface area contributed by atoms with Gasteiger partial charge < -0.3 is 15.4 Å². The molecule has 32 heavy (non-hydrogen) atoms. The summed E-state index contributed by atoms with van der Waals surface area (Å²) in [5.74, 6) is 0.152. The van der Waals surface area contributed by atoms with Gasteiger partial charge in [-0.25, -0.2) is 9.18 Å². The molecule has 172 valence electrons. The Bertz CT molecular complexity index is 998. The lowest BCUT2D eigenvalue weighted by molar-refractivity contribution is 0.0969. The van der Waals surface area contributed by atoms with E-state index in [0.29, 0.717) is 42.7 Å². The summed E-state index contributed by atoms with van der Waals surface area (Å²) >= 11 is 6.22. The van der Waals surface area contributed by atoms with Gasteiger partial charge in [-0.05, 0) is 78.2 Å². The molecule has 0 unspecified atom stereocenters. The second-order valence-corrected chi connectivity index (χ2v) is 10.4. The van der Waals surface area contributed by atoms with Crippen molar-refractivity contribution in [1.29, 1.82) is 0 Å². The van der Waals surface area contributed by atoms with Gasteiger partial charge in [-0.2, -0.15) is 0 Å². The van der Waals surface area contributed by atoms with Crippen LogP contribution in [0.3, 0.4) is 0 Å². The highest BCUT2D eigenvalue weighted by Crippen LogP contribution is 2.71. The first-order chi connectivity index (χ1) is 15.2. The lowest BCUT2D eigenvalue weighted by atomic mass is 9.81. The summed E-state index contributed by atoms with van der Waals surface area (Å²) < 4.78 is 20.0. The summed E-state index contributed by atoms with van der Waals surface area (Å²) in [5, 5.41) is 0.566. The third-order valence-electron chi connectivity index (χ3n) is 7.27. The molecule has 1 amide bonds. The fourth-order valence-corrected chi connectivity index (χ4v) is 5.55. The highest BCUT2D eigenvalue weighted by Gasteiger charge is 2.68. The molecule has 2 fully saturated rings. The summed E-state index contributed by atoms with van der Waals surface area (Å²) in [6.45, 7) is 5.87. The van der Waals surface area contributed by atoms with Crippen LogP contribution in [0.25, 0.3) is 0 Å². The first kappa shape index (κ1) is 22.9. The van der Waals surface area contributed by atoms with E-state index in [9.17, 15) is 9.18 Å². The Kier molecular flexibility index (Phi) is 6.39. The van der Waals surface area contributed by atoms with Crippen molar-refractivity contribution >= 4 is 23.4 Å². The lowest BCUT2D eigenvalue weighted by Crippen LogP contribution is -2.31. The normalized spacial score (nSPS) is 24.3. The molecule has 1 spiro atoms. The van der Waals surface area contributed by atoms with Gasteiger partial charge in [0.1, 0.15) is 5.82 Å². The van der Waals surface area contributed by atoms with Crippen molar-refractivity contribution in [2.24, 2.45) is 16.7 Å². The second kappa shape index (κ2) is 8.93. The third kappa shape index (κ3) is 4.59. The van der Waals surface area contributed by atoms with Crippen molar-refractivity contribution in [1.82, 2.24) is 4.90 Å². The molecule has 1 heterocycles. The number of halogens is 2. The van der Waals surface area contributed by atoms with Gasteiger partial charge >= 0.3 is 6.09 Å². The smallest absolute Gasteiger partial charge is 0.409 e. The molecular formula is C26H32ClFN2O2. The van der Waals surface area contributed by atoms with Gasteiger partial charge in [0.15, 0.2) is 0 Å². The van der Waals surface area contributed by atoms with Crippen LogP contribution >= 0.6 is 11.6 Å². The van der Waals surface area contributed by atoms with Crippen molar-refractivity contribution in [2.45, 2.75) is 46.0 Å². The van der Waals surface area contributed by atoms with Gasteiger partial charge in [0.05, 0.1) is 17.3 Å². The van der Waals surface area contributed by atoms with Crippen LogP contribution in [0.15, 0.2) is 42.5 Å². The molecule has 0 radical (unpaired) electrons. The standard InChI is InChI=1S/C26H32ClFN2O2/c1-18(2)15-32-24(31)30-12-11-26(17-30)16-25(26,14-20-5-3-4-6-22(20)28)10-9-19-7-8-23(29)21(27)13-19/h3-8,13,18H,9-12,14-17,29H2,1-2H3/t25-,26+/m1/s1. The van der Waals surface area contributed by atoms with Gasteiger partial charge in [0.2, 0.25) is 0 Å². The number of likely N-dealkylation sites (tertiary alicyclic amines) is 1. The molecule has 4 nitrogen and oxygen atoms in total. The number of anilines is 1. The molecule has 4 rings (SSSR count). The van der Waals surface area contributed by atoms with Crippen molar-refractivity contribution in [3.8, 4) is 0 Å². The van der Waals surface area contributed by atoms with E-state index in [4.69, 9.17) is 22.1 Å². The zero-order chi connectivity index (χ0) is 22.9. The Labute approximate surface area is 194 Å². The molecule has 1 aliphatic heterocycles. The van der Waals surface area contributed by atoms with Crippen LogP contribution in [-0.4, -0.2) is 30.7 Å². The fourth-order valence-electron chi connectivity index (χ4n) is 5.35. The molecule has 2 N–H and O–H groups in total. The van der Waals surface area contributed by atoms with Crippen LogP contribution in [0.5, 0.6) is 0 Å². The fraction of sp³-hybridized carbons (Fsp3) is 0.500. The lowest BCUT2D eigenvalue weighted by Gasteiger charge is -2.24. The number of benzene rings is 2. The molecule has 1 saturated carbocycles. The molecule has 2 aromatic carbocycles. The number of ether oxygens (including phenoxy) is 1. The van der Waals surface area contributed by atoms with Gasteiger partial charge in [-0.1, -0.05) is 49.7 Å². The van der Waals surface area contributed by atoms with Crippen molar-refractivity contribution in [2.75, 3.05) is 25.4 Å². The predicted molar refractivity (Wildman–Crippen MR) is 126 cm³/mol. The molecule has 6 heteroatoms. The van der Waals surface area contributed by atoms with Crippen molar-refractivity contribution in [3.05, 3.63) is 64.4 Å². The number of carbonyl (C=O) groups is 1. The summed E-state index contributed by atoms with van der Waals surface area (Å²) in [5.41, 5.74) is 8.29. The summed E-state index contributed by atoms with van der Waals surface area (Å²) in [7, 11) is 0. The van der Waals surface area contributed by atoms with Crippen LogP contribution in [0.4, 0.5) is 14.9 Å². The number of nitrogens with two attached hydrogens (primary N) is 1. The summed E-state index contributed by atoms with van der Waals surface area (Å²) in [4.78, 5) is 14.4.